The number of carbonyl (C=O) groups is 1. The number of β-amino-alcohol motifs (C(OH)–C–C–N with tert-alkyl or cyclic N) is 1. The van der Waals surface area contributed by atoms with Crippen LogP contribution in [0.2, 0.25) is 0 Å². The van der Waals surface area contributed by atoms with Crippen LogP contribution in [0.5, 0.6) is 0 Å². The van der Waals surface area contributed by atoms with Crippen LogP contribution < -0.4 is 5.32 Å². The zero-order valence-electron chi connectivity index (χ0n) is 11.9. The molecule has 0 aromatic heterocycles. The van der Waals surface area contributed by atoms with E-state index >= 15 is 0 Å². The number of likely N-dealkylation sites (tertiary alicyclic amines) is 1. The summed E-state index contributed by atoms with van der Waals surface area (Å²) in [4.78, 5) is 14.3. The Bertz CT molecular complexity index is 483. The lowest BCUT2D eigenvalue weighted by Gasteiger charge is -2.37. The number of hydrogen-bond acceptors (Lipinski definition) is 3. The first-order chi connectivity index (χ1) is 8.93. The van der Waals surface area contributed by atoms with Crippen molar-refractivity contribution < 1.29 is 9.90 Å². The van der Waals surface area contributed by atoms with Gasteiger partial charge in [-0.05, 0) is 44.4 Å². The van der Waals surface area contributed by atoms with E-state index in [0.717, 1.165) is 24.1 Å². The fourth-order valence-electron chi connectivity index (χ4n) is 2.62. The first-order valence-electron chi connectivity index (χ1n) is 6.73. The van der Waals surface area contributed by atoms with Gasteiger partial charge in [0.1, 0.15) is 0 Å². The number of carbonyl (C=O) groups excluding carboxylic acids is 1. The SMILES string of the molecule is CNc1cc(C)ccc1C(=O)N1CCCC(C)(O)C1. The first-order valence-corrected chi connectivity index (χ1v) is 6.73. The molecule has 1 aliphatic rings. The van der Waals surface area contributed by atoms with Gasteiger partial charge >= 0.3 is 0 Å². The van der Waals surface area contributed by atoms with E-state index in [-0.39, 0.29) is 5.91 Å². The molecule has 1 saturated heterocycles. The van der Waals surface area contributed by atoms with Gasteiger partial charge in [-0.25, -0.2) is 0 Å². The third-order valence-corrected chi connectivity index (χ3v) is 3.64. The number of aliphatic hydroxyl groups is 1. The molecule has 0 bridgehead atoms. The Hall–Kier alpha value is -1.55. The van der Waals surface area contributed by atoms with Crippen molar-refractivity contribution in [3.63, 3.8) is 0 Å². The molecule has 0 spiro atoms. The van der Waals surface area contributed by atoms with Gasteiger partial charge in [-0.1, -0.05) is 6.07 Å². The Balaban J connectivity index is 2.24. The second-order valence-corrected chi connectivity index (χ2v) is 5.63. The minimum atomic E-state index is -0.765. The van der Waals surface area contributed by atoms with Crippen LogP contribution in [0.15, 0.2) is 18.2 Å². The summed E-state index contributed by atoms with van der Waals surface area (Å²) in [5.41, 5.74) is 1.87. The van der Waals surface area contributed by atoms with Gasteiger partial charge in [-0.3, -0.25) is 4.79 Å². The third kappa shape index (κ3) is 3.07. The predicted octanol–water partition coefficient (Wildman–Crippen LogP) is 2.02. The van der Waals surface area contributed by atoms with E-state index in [9.17, 15) is 9.90 Å². The normalized spacial score (nSPS) is 23.3. The van der Waals surface area contributed by atoms with E-state index in [1.807, 2.05) is 32.2 Å². The van der Waals surface area contributed by atoms with Crippen molar-refractivity contribution in [3.05, 3.63) is 29.3 Å². The summed E-state index contributed by atoms with van der Waals surface area (Å²) in [5, 5.41) is 13.2. The molecule has 0 radical (unpaired) electrons. The zero-order chi connectivity index (χ0) is 14.0. The molecule has 1 aromatic rings. The summed E-state index contributed by atoms with van der Waals surface area (Å²) in [7, 11) is 1.82. The van der Waals surface area contributed by atoms with Gasteiger partial charge in [0.05, 0.1) is 11.2 Å². The van der Waals surface area contributed by atoms with Crippen LogP contribution in [0.1, 0.15) is 35.7 Å². The van der Waals surface area contributed by atoms with Crippen LogP contribution in [0, 0.1) is 6.92 Å². The highest BCUT2D eigenvalue weighted by atomic mass is 16.3. The molecule has 1 atom stereocenters. The van der Waals surface area contributed by atoms with E-state index in [1.54, 1.807) is 11.8 Å². The largest absolute Gasteiger partial charge is 0.388 e. The van der Waals surface area contributed by atoms with Gasteiger partial charge in [0.25, 0.3) is 5.91 Å². The van der Waals surface area contributed by atoms with Crippen LogP contribution in [-0.2, 0) is 0 Å². The molecule has 1 aliphatic heterocycles. The predicted molar refractivity (Wildman–Crippen MR) is 76.5 cm³/mol. The summed E-state index contributed by atoms with van der Waals surface area (Å²) in [6.07, 6.45) is 1.60. The number of amides is 1. The molecule has 1 fully saturated rings. The Morgan fingerprint density at radius 2 is 2.21 bits per heavy atom. The number of benzene rings is 1. The van der Waals surface area contributed by atoms with Gasteiger partial charge in [0.2, 0.25) is 0 Å². The average Bonchev–Trinajstić information content (AvgIpc) is 2.36. The second kappa shape index (κ2) is 5.21. The smallest absolute Gasteiger partial charge is 0.256 e. The van der Waals surface area contributed by atoms with Crippen molar-refractivity contribution in [1.29, 1.82) is 0 Å². The van der Waals surface area contributed by atoms with Crippen LogP contribution in [0.4, 0.5) is 5.69 Å². The molecule has 19 heavy (non-hydrogen) atoms. The lowest BCUT2D eigenvalue weighted by Crippen LogP contribution is -2.48. The minimum Gasteiger partial charge on any atom is -0.388 e. The van der Waals surface area contributed by atoms with Crippen LogP contribution in [0.25, 0.3) is 0 Å². The molecular formula is C15H22N2O2. The number of piperidine rings is 1. The first kappa shape index (κ1) is 13.9. The fraction of sp³-hybridized carbons (Fsp3) is 0.533. The molecule has 1 amide bonds. The van der Waals surface area contributed by atoms with E-state index < -0.39 is 5.60 Å². The van der Waals surface area contributed by atoms with E-state index in [1.165, 1.54) is 0 Å². The molecular weight excluding hydrogens is 240 g/mol. The highest BCUT2D eigenvalue weighted by Crippen LogP contribution is 2.24. The number of hydrogen-bond donors (Lipinski definition) is 2. The van der Waals surface area contributed by atoms with Gasteiger partial charge in [-0.2, -0.15) is 0 Å². The maximum Gasteiger partial charge on any atom is 0.256 e. The van der Waals surface area contributed by atoms with Crippen molar-refractivity contribution >= 4 is 11.6 Å². The molecule has 4 heteroatoms. The van der Waals surface area contributed by atoms with Gasteiger partial charge < -0.3 is 15.3 Å². The molecule has 104 valence electrons. The Morgan fingerprint density at radius 3 is 2.84 bits per heavy atom. The fourth-order valence-corrected chi connectivity index (χ4v) is 2.62. The summed E-state index contributed by atoms with van der Waals surface area (Å²) < 4.78 is 0. The summed E-state index contributed by atoms with van der Waals surface area (Å²) in [6, 6.07) is 5.76. The third-order valence-electron chi connectivity index (χ3n) is 3.64. The van der Waals surface area contributed by atoms with E-state index in [0.29, 0.717) is 18.7 Å². The Kier molecular flexibility index (Phi) is 3.80. The summed E-state index contributed by atoms with van der Waals surface area (Å²) in [6.45, 7) is 4.91. The van der Waals surface area contributed by atoms with Crippen molar-refractivity contribution in [1.82, 2.24) is 4.90 Å². The molecule has 2 N–H and O–H groups in total. The topological polar surface area (TPSA) is 52.6 Å². The van der Waals surface area contributed by atoms with Gasteiger partial charge in [0, 0.05) is 25.8 Å². The van der Waals surface area contributed by atoms with Crippen molar-refractivity contribution in [2.24, 2.45) is 0 Å². The maximum atomic E-state index is 12.6. The standard InChI is InChI=1S/C15H22N2O2/c1-11-5-6-12(13(9-11)16-3)14(18)17-8-4-7-15(2,19)10-17/h5-6,9,16,19H,4,7-8,10H2,1-3H3. The second-order valence-electron chi connectivity index (χ2n) is 5.63. The maximum absolute atomic E-state index is 12.6. The number of nitrogens with zero attached hydrogens (tertiary/aromatic N) is 1. The average molecular weight is 262 g/mol. The van der Waals surface area contributed by atoms with Crippen molar-refractivity contribution in [2.75, 3.05) is 25.5 Å². The minimum absolute atomic E-state index is 0.00988. The summed E-state index contributed by atoms with van der Waals surface area (Å²) in [5.74, 6) is -0.00988. The number of nitrogens with one attached hydrogen (secondary N) is 1. The van der Waals surface area contributed by atoms with Crippen molar-refractivity contribution in [2.45, 2.75) is 32.3 Å². The number of anilines is 1. The van der Waals surface area contributed by atoms with Crippen LogP contribution in [0.3, 0.4) is 0 Å². The monoisotopic (exact) mass is 262 g/mol. The highest BCUT2D eigenvalue weighted by molar-refractivity contribution is 5.99. The molecule has 1 unspecified atom stereocenters. The molecule has 0 aliphatic carbocycles. The lowest BCUT2D eigenvalue weighted by molar-refractivity contribution is -0.0107. The van der Waals surface area contributed by atoms with Crippen LogP contribution >= 0.6 is 0 Å². The van der Waals surface area contributed by atoms with Gasteiger partial charge in [0.15, 0.2) is 0 Å². The quantitative estimate of drug-likeness (QED) is 0.857. The van der Waals surface area contributed by atoms with E-state index in [2.05, 4.69) is 5.32 Å². The van der Waals surface area contributed by atoms with Gasteiger partial charge in [-0.15, -0.1) is 0 Å². The molecule has 4 nitrogen and oxygen atoms in total. The van der Waals surface area contributed by atoms with Crippen LogP contribution in [-0.4, -0.2) is 41.7 Å². The molecule has 1 heterocycles. The molecule has 2 rings (SSSR count). The summed E-state index contributed by atoms with van der Waals surface area (Å²) >= 11 is 0. The zero-order valence-corrected chi connectivity index (χ0v) is 11.9. The molecule has 1 aromatic carbocycles. The Morgan fingerprint density at radius 1 is 1.47 bits per heavy atom. The van der Waals surface area contributed by atoms with E-state index in [4.69, 9.17) is 0 Å². The van der Waals surface area contributed by atoms with Crippen molar-refractivity contribution in [3.8, 4) is 0 Å². The number of rotatable bonds is 2. The lowest BCUT2D eigenvalue weighted by atomic mass is 9.94. The molecule has 0 saturated carbocycles. The number of aryl methyl sites for hydroxylation is 1. The highest BCUT2D eigenvalue weighted by Gasteiger charge is 2.31. The Labute approximate surface area is 114 Å².